The zero-order chi connectivity index (χ0) is 16.4. The first-order valence-electron chi connectivity index (χ1n) is 7.05. The Balaban J connectivity index is 2.04. The molecule has 0 fully saturated rings. The smallest absolute Gasteiger partial charge is 0.354 e. The molecule has 1 unspecified atom stereocenters. The lowest BCUT2D eigenvalue weighted by Gasteiger charge is -2.24. The van der Waals surface area contributed by atoms with Crippen LogP contribution in [-0.2, 0) is 9.53 Å². The topological polar surface area (TPSA) is 41.9 Å². The monoisotopic (exact) mass is 392 g/mol. The zero-order valence-electron chi connectivity index (χ0n) is 12.4. The van der Waals surface area contributed by atoms with Crippen molar-refractivity contribution in [3.05, 3.63) is 63.6 Å². The van der Waals surface area contributed by atoms with Crippen molar-refractivity contribution in [2.45, 2.75) is 12.5 Å². The SMILES string of the molecule is COC(=O)C1=NN(c2ccccc2Cl)C(c2cccc(Br)c2)C1. The second kappa shape index (κ2) is 6.72. The van der Waals surface area contributed by atoms with Crippen molar-refractivity contribution in [3.8, 4) is 0 Å². The summed E-state index contributed by atoms with van der Waals surface area (Å²) in [4.78, 5) is 11.9. The summed E-state index contributed by atoms with van der Waals surface area (Å²) in [5, 5.41) is 6.83. The highest BCUT2D eigenvalue weighted by atomic mass is 79.9. The van der Waals surface area contributed by atoms with Gasteiger partial charge in [-0.05, 0) is 29.8 Å². The number of ether oxygens (including phenoxy) is 1. The molecule has 0 aliphatic carbocycles. The minimum absolute atomic E-state index is 0.110. The van der Waals surface area contributed by atoms with Crippen molar-refractivity contribution in [2.75, 3.05) is 12.1 Å². The van der Waals surface area contributed by atoms with Crippen LogP contribution in [0.4, 0.5) is 5.69 Å². The molecule has 0 spiro atoms. The Labute approximate surface area is 147 Å². The molecule has 1 atom stereocenters. The normalized spacial score (nSPS) is 17.1. The predicted molar refractivity (Wildman–Crippen MR) is 94.9 cm³/mol. The standard InChI is InChI=1S/C17H14BrClN2O2/c1-23-17(22)14-10-16(11-5-4-6-12(18)9-11)21(20-14)15-8-3-2-7-13(15)19/h2-9,16H,10H2,1H3. The summed E-state index contributed by atoms with van der Waals surface area (Å²) in [6.45, 7) is 0. The van der Waals surface area contributed by atoms with Gasteiger partial charge in [0.1, 0.15) is 5.71 Å². The van der Waals surface area contributed by atoms with Crippen LogP contribution in [0.25, 0.3) is 0 Å². The van der Waals surface area contributed by atoms with Gasteiger partial charge in [0.2, 0.25) is 0 Å². The lowest BCUT2D eigenvalue weighted by molar-refractivity contribution is -0.132. The number of hydrazone groups is 1. The molecule has 0 saturated heterocycles. The number of hydrogen-bond donors (Lipinski definition) is 0. The molecule has 2 aromatic rings. The van der Waals surface area contributed by atoms with Gasteiger partial charge in [-0.1, -0.05) is 51.8 Å². The van der Waals surface area contributed by atoms with Gasteiger partial charge < -0.3 is 4.74 Å². The van der Waals surface area contributed by atoms with Crippen LogP contribution < -0.4 is 5.01 Å². The Kier molecular flexibility index (Phi) is 4.68. The number of nitrogens with zero attached hydrogens (tertiary/aromatic N) is 2. The van der Waals surface area contributed by atoms with Crippen LogP contribution in [0.15, 0.2) is 58.1 Å². The first-order valence-corrected chi connectivity index (χ1v) is 8.22. The number of methoxy groups -OCH3 is 1. The van der Waals surface area contributed by atoms with Crippen LogP contribution in [0, 0.1) is 0 Å². The van der Waals surface area contributed by atoms with E-state index >= 15 is 0 Å². The molecule has 118 valence electrons. The van der Waals surface area contributed by atoms with Gasteiger partial charge in [-0.15, -0.1) is 0 Å². The van der Waals surface area contributed by atoms with E-state index in [1.807, 2.05) is 42.5 Å². The number of carbonyl (C=O) groups excluding carboxylic acids is 1. The Hall–Kier alpha value is -1.85. The van der Waals surface area contributed by atoms with Gasteiger partial charge in [0, 0.05) is 10.9 Å². The van der Waals surface area contributed by atoms with Crippen molar-refractivity contribution in [2.24, 2.45) is 5.10 Å². The molecule has 0 amide bonds. The molecule has 0 N–H and O–H groups in total. The highest BCUT2D eigenvalue weighted by Crippen LogP contribution is 2.39. The summed E-state index contributed by atoms with van der Waals surface area (Å²) in [5.74, 6) is -0.417. The van der Waals surface area contributed by atoms with Crippen molar-refractivity contribution in [1.82, 2.24) is 0 Å². The first-order chi connectivity index (χ1) is 11.1. The number of rotatable bonds is 3. The van der Waals surface area contributed by atoms with Crippen LogP contribution in [0.3, 0.4) is 0 Å². The molecule has 3 rings (SSSR count). The molecule has 0 aromatic heterocycles. The molecule has 0 radical (unpaired) electrons. The summed E-state index contributed by atoms with van der Waals surface area (Å²) in [7, 11) is 1.36. The fraction of sp³-hybridized carbons (Fsp3) is 0.176. The van der Waals surface area contributed by atoms with Gasteiger partial charge in [-0.25, -0.2) is 4.79 Å². The third kappa shape index (κ3) is 3.26. The Morgan fingerprint density at radius 3 is 2.78 bits per heavy atom. The van der Waals surface area contributed by atoms with E-state index in [0.717, 1.165) is 15.7 Å². The van der Waals surface area contributed by atoms with E-state index in [2.05, 4.69) is 21.0 Å². The highest BCUT2D eigenvalue weighted by molar-refractivity contribution is 9.10. The number of benzene rings is 2. The third-order valence-electron chi connectivity index (χ3n) is 3.66. The van der Waals surface area contributed by atoms with Crippen LogP contribution in [-0.4, -0.2) is 18.8 Å². The number of hydrogen-bond acceptors (Lipinski definition) is 4. The lowest BCUT2D eigenvalue weighted by Crippen LogP contribution is -2.19. The first kappa shape index (κ1) is 16.0. The minimum Gasteiger partial charge on any atom is -0.464 e. The van der Waals surface area contributed by atoms with Gasteiger partial charge in [-0.2, -0.15) is 5.10 Å². The van der Waals surface area contributed by atoms with Gasteiger partial charge >= 0.3 is 5.97 Å². The molecule has 6 heteroatoms. The van der Waals surface area contributed by atoms with E-state index in [4.69, 9.17) is 16.3 Å². The van der Waals surface area contributed by atoms with Crippen LogP contribution >= 0.6 is 27.5 Å². The molecule has 1 heterocycles. The molecule has 4 nitrogen and oxygen atoms in total. The van der Waals surface area contributed by atoms with E-state index in [1.165, 1.54) is 7.11 Å². The molecule has 1 aliphatic heterocycles. The van der Waals surface area contributed by atoms with E-state index in [-0.39, 0.29) is 6.04 Å². The predicted octanol–water partition coefficient (Wildman–Crippen LogP) is 4.58. The summed E-state index contributed by atoms with van der Waals surface area (Å²) in [5.41, 5.74) is 2.19. The Bertz CT molecular complexity index is 779. The summed E-state index contributed by atoms with van der Waals surface area (Å²) < 4.78 is 5.79. The third-order valence-corrected chi connectivity index (χ3v) is 4.48. The second-order valence-corrected chi connectivity index (χ2v) is 6.43. The maximum absolute atomic E-state index is 11.9. The summed E-state index contributed by atoms with van der Waals surface area (Å²) in [6, 6.07) is 15.3. The number of anilines is 1. The number of halogens is 2. The summed E-state index contributed by atoms with van der Waals surface area (Å²) in [6.07, 6.45) is 0.467. The van der Waals surface area contributed by atoms with Crippen LogP contribution in [0.1, 0.15) is 18.0 Å². The maximum Gasteiger partial charge on any atom is 0.354 e. The molecular weight excluding hydrogens is 380 g/mol. The maximum atomic E-state index is 11.9. The molecule has 0 saturated carbocycles. The van der Waals surface area contributed by atoms with Crippen LogP contribution in [0.2, 0.25) is 5.02 Å². The number of carbonyl (C=O) groups is 1. The summed E-state index contributed by atoms with van der Waals surface area (Å²) >= 11 is 9.80. The fourth-order valence-electron chi connectivity index (χ4n) is 2.58. The molecule has 0 bridgehead atoms. The molecule has 23 heavy (non-hydrogen) atoms. The average molecular weight is 394 g/mol. The van der Waals surface area contributed by atoms with Crippen molar-refractivity contribution in [1.29, 1.82) is 0 Å². The van der Waals surface area contributed by atoms with E-state index < -0.39 is 5.97 Å². The highest BCUT2D eigenvalue weighted by Gasteiger charge is 2.33. The van der Waals surface area contributed by atoms with Gasteiger partial charge in [0.15, 0.2) is 0 Å². The Morgan fingerprint density at radius 2 is 2.09 bits per heavy atom. The quantitative estimate of drug-likeness (QED) is 0.717. The number of para-hydroxylation sites is 1. The van der Waals surface area contributed by atoms with E-state index in [9.17, 15) is 4.79 Å². The minimum atomic E-state index is -0.417. The zero-order valence-corrected chi connectivity index (χ0v) is 14.7. The van der Waals surface area contributed by atoms with Crippen molar-refractivity contribution in [3.63, 3.8) is 0 Å². The van der Waals surface area contributed by atoms with Crippen LogP contribution in [0.5, 0.6) is 0 Å². The van der Waals surface area contributed by atoms with Gasteiger partial charge in [0.25, 0.3) is 0 Å². The average Bonchev–Trinajstić information content (AvgIpc) is 2.99. The van der Waals surface area contributed by atoms with Crippen molar-refractivity contribution >= 4 is 44.9 Å². The van der Waals surface area contributed by atoms with E-state index in [0.29, 0.717) is 17.2 Å². The van der Waals surface area contributed by atoms with Gasteiger partial charge in [-0.3, -0.25) is 5.01 Å². The lowest BCUT2D eigenvalue weighted by atomic mass is 10.0. The molecule has 2 aromatic carbocycles. The van der Waals surface area contributed by atoms with E-state index in [1.54, 1.807) is 11.1 Å². The Morgan fingerprint density at radius 1 is 1.30 bits per heavy atom. The fourth-order valence-corrected chi connectivity index (χ4v) is 3.22. The molecule has 1 aliphatic rings. The van der Waals surface area contributed by atoms with Gasteiger partial charge in [0.05, 0.1) is 23.9 Å². The van der Waals surface area contributed by atoms with Crippen molar-refractivity contribution < 1.29 is 9.53 Å². The largest absolute Gasteiger partial charge is 0.464 e. The molecular formula is C17H14BrClN2O2. The second-order valence-electron chi connectivity index (χ2n) is 5.11. The number of esters is 1.